The highest BCUT2D eigenvalue weighted by Gasteiger charge is 2.05. The van der Waals surface area contributed by atoms with E-state index in [1.807, 2.05) is 0 Å². The number of hydrazone groups is 1. The number of hydrogen-bond donors (Lipinski definition) is 3. The molecule has 8 nitrogen and oxygen atoms in total. The summed E-state index contributed by atoms with van der Waals surface area (Å²) in [4.78, 5) is 10.1. The van der Waals surface area contributed by atoms with Gasteiger partial charge < -0.3 is 21.5 Å². The van der Waals surface area contributed by atoms with Crippen LogP contribution >= 0.6 is 12.4 Å². The highest BCUT2D eigenvalue weighted by atomic mass is 35.5. The van der Waals surface area contributed by atoms with E-state index in [2.05, 4.69) is 10.4 Å². The van der Waals surface area contributed by atoms with Crippen LogP contribution in [0.15, 0.2) is 23.3 Å². The second-order valence-electron chi connectivity index (χ2n) is 3.08. The molecule has 1 rings (SSSR count). The molecule has 0 amide bonds. The van der Waals surface area contributed by atoms with Gasteiger partial charge in [0.05, 0.1) is 7.11 Å². The molecular weight excluding hydrogens is 262 g/mol. The van der Waals surface area contributed by atoms with Crippen molar-refractivity contribution in [1.29, 1.82) is 0 Å². The molecule has 1 aromatic carbocycles. The first-order chi connectivity index (χ1) is 8.06. The Morgan fingerprint density at radius 3 is 2.78 bits per heavy atom. The number of nitrogens with one attached hydrogen (secondary N) is 1. The zero-order chi connectivity index (χ0) is 12.8. The Hall–Kier alpha value is -2.06. The molecule has 0 aliphatic carbocycles. The molecule has 0 fully saturated rings. The number of rotatable bonds is 4. The molecule has 0 radical (unpaired) electrons. The summed E-state index contributed by atoms with van der Waals surface area (Å²) in [6.45, 7) is 0.283. The van der Waals surface area contributed by atoms with Crippen LogP contribution in [0.25, 0.3) is 0 Å². The van der Waals surface area contributed by atoms with Crippen LogP contribution in [0.4, 0.5) is 5.69 Å². The minimum Gasteiger partial charge on any atom is -0.496 e. The quantitative estimate of drug-likeness (QED) is 0.317. The molecule has 1 aromatic rings. The number of methoxy groups -OCH3 is 1. The van der Waals surface area contributed by atoms with Crippen molar-refractivity contribution in [2.24, 2.45) is 16.6 Å². The van der Waals surface area contributed by atoms with Crippen molar-refractivity contribution in [2.45, 2.75) is 6.54 Å². The number of ether oxygens (including phenoxy) is 1. The zero-order valence-corrected chi connectivity index (χ0v) is 10.4. The van der Waals surface area contributed by atoms with E-state index in [-0.39, 0.29) is 24.9 Å². The molecule has 0 saturated carbocycles. The van der Waals surface area contributed by atoms with E-state index < -0.39 is 5.03 Å². The van der Waals surface area contributed by atoms with Crippen molar-refractivity contribution in [3.05, 3.63) is 33.9 Å². The fraction of sp³-hybridized carbons (Fsp3) is 0.222. The summed E-state index contributed by atoms with van der Waals surface area (Å²) >= 11 is 0. The zero-order valence-electron chi connectivity index (χ0n) is 9.62. The number of anilines is 1. The number of hydrogen-bond acceptors (Lipinski definition) is 4. The second kappa shape index (κ2) is 7.30. The molecule has 9 heteroatoms. The predicted octanol–water partition coefficient (Wildman–Crippen LogP) is 0.494. The predicted molar refractivity (Wildman–Crippen MR) is 70.4 cm³/mol. The van der Waals surface area contributed by atoms with E-state index in [0.29, 0.717) is 11.4 Å². The van der Waals surface area contributed by atoms with Crippen LogP contribution < -0.4 is 21.5 Å². The maximum absolute atomic E-state index is 10.1. The lowest BCUT2D eigenvalue weighted by Gasteiger charge is -2.09. The highest BCUT2D eigenvalue weighted by molar-refractivity contribution is 5.91. The van der Waals surface area contributed by atoms with E-state index in [9.17, 15) is 10.1 Å². The minimum atomic E-state index is -0.879. The van der Waals surface area contributed by atoms with Crippen molar-refractivity contribution < 1.29 is 9.77 Å². The fourth-order valence-corrected chi connectivity index (χ4v) is 1.28. The first kappa shape index (κ1) is 15.9. The van der Waals surface area contributed by atoms with Gasteiger partial charge in [0.2, 0.25) is 0 Å². The van der Waals surface area contributed by atoms with Gasteiger partial charge in [0, 0.05) is 17.8 Å². The third-order valence-corrected chi connectivity index (χ3v) is 1.96. The van der Waals surface area contributed by atoms with Gasteiger partial charge in [0.1, 0.15) is 10.9 Å². The smallest absolute Gasteiger partial charge is 0.270 e. The van der Waals surface area contributed by atoms with Crippen LogP contribution in [0.1, 0.15) is 5.56 Å². The molecule has 0 heterocycles. The third-order valence-electron chi connectivity index (χ3n) is 1.96. The maximum atomic E-state index is 10.1. The Labute approximate surface area is 110 Å². The molecule has 0 unspecified atom stereocenters. The van der Waals surface area contributed by atoms with Crippen LogP contribution in [-0.4, -0.2) is 18.1 Å². The largest absolute Gasteiger partial charge is 0.496 e. The summed E-state index contributed by atoms with van der Waals surface area (Å²) in [5.41, 5.74) is 12.1. The average molecular weight is 276 g/mol. The van der Waals surface area contributed by atoms with Gasteiger partial charge in [0.15, 0.2) is 5.03 Å². The number of nitro groups is 1. The van der Waals surface area contributed by atoms with E-state index >= 15 is 0 Å². The average Bonchev–Trinajstić information content (AvgIpc) is 2.27. The van der Waals surface area contributed by atoms with Gasteiger partial charge in [-0.3, -0.25) is 0 Å². The van der Waals surface area contributed by atoms with Crippen LogP contribution in [0.3, 0.4) is 0 Å². The number of nitrogens with zero attached hydrogens (tertiary/aromatic N) is 2. The van der Waals surface area contributed by atoms with Gasteiger partial charge in [-0.1, -0.05) is 0 Å². The second-order valence-corrected chi connectivity index (χ2v) is 3.08. The monoisotopic (exact) mass is 275 g/mol. The van der Waals surface area contributed by atoms with Crippen molar-refractivity contribution in [2.75, 3.05) is 12.4 Å². The highest BCUT2D eigenvalue weighted by Crippen LogP contribution is 2.21. The molecule has 100 valence electrons. The summed E-state index contributed by atoms with van der Waals surface area (Å²) in [6, 6.07) is 5.02. The Kier molecular flexibility index (Phi) is 6.47. The molecule has 0 bridgehead atoms. The van der Waals surface area contributed by atoms with Crippen molar-refractivity contribution in [3.8, 4) is 5.75 Å². The lowest BCUT2D eigenvalue weighted by molar-refractivity contribution is -0.485. The van der Waals surface area contributed by atoms with Crippen LogP contribution in [0.5, 0.6) is 5.75 Å². The lowest BCUT2D eigenvalue weighted by atomic mass is 10.2. The van der Waals surface area contributed by atoms with Crippen molar-refractivity contribution in [1.82, 2.24) is 0 Å². The summed E-state index contributed by atoms with van der Waals surface area (Å²) in [5.74, 6) is 0.339. The molecular formula is C9H14ClN5O3. The molecule has 0 spiro atoms. The molecule has 0 aromatic heterocycles. The molecule has 0 aliphatic heterocycles. The van der Waals surface area contributed by atoms with Gasteiger partial charge >= 0.3 is 0 Å². The first-order valence-corrected chi connectivity index (χ1v) is 4.69. The summed E-state index contributed by atoms with van der Waals surface area (Å²) in [5, 5.41) is 14.7. The number of guanidine groups is 1. The van der Waals surface area contributed by atoms with E-state index in [0.717, 1.165) is 5.56 Å². The Bertz CT molecular complexity index is 452. The molecule has 18 heavy (non-hydrogen) atoms. The lowest BCUT2D eigenvalue weighted by Crippen LogP contribution is -2.23. The van der Waals surface area contributed by atoms with Crippen LogP contribution in [-0.2, 0) is 6.54 Å². The van der Waals surface area contributed by atoms with Crippen LogP contribution in [0.2, 0.25) is 0 Å². The first-order valence-electron chi connectivity index (χ1n) is 4.69. The van der Waals surface area contributed by atoms with Crippen molar-refractivity contribution in [3.63, 3.8) is 0 Å². The minimum absolute atomic E-state index is 0. The summed E-state index contributed by atoms with van der Waals surface area (Å²) in [6.07, 6.45) is 0. The summed E-state index contributed by atoms with van der Waals surface area (Å²) in [7, 11) is 1.53. The van der Waals surface area contributed by atoms with E-state index in [1.165, 1.54) is 7.11 Å². The number of halogens is 1. The Morgan fingerprint density at radius 2 is 2.28 bits per heavy atom. The number of nitrogens with two attached hydrogens (primary N) is 2. The standard InChI is InChI=1S/C9H13N5O3.ClH/c1-17-8-3-2-7(4-6(8)5-10)12-9(11)13-14(15)16;/h2-4H,5,10H2,1H3,(H3,11,12,13);1H. The van der Waals surface area contributed by atoms with Gasteiger partial charge in [-0.05, 0) is 18.2 Å². The number of benzene rings is 1. The normalized spacial score (nSPS) is 10.4. The molecule has 0 atom stereocenters. The van der Waals surface area contributed by atoms with Gasteiger partial charge in [-0.25, -0.2) is 10.1 Å². The van der Waals surface area contributed by atoms with Gasteiger partial charge in [-0.2, -0.15) is 0 Å². The SMILES string of the molecule is COc1ccc(NC(N)=N[N+](=O)[O-])cc1CN.Cl. The van der Waals surface area contributed by atoms with Crippen molar-refractivity contribution >= 4 is 24.1 Å². The molecule has 0 saturated heterocycles. The Morgan fingerprint density at radius 1 is 1.61 bits per heavy atom. The third kappa shape index (κ3) is 4.44. The van der Waals surface area contributed by atoms with Gasteiger partial charge in [-0.15, -0.1) is 12.4 Å². The Balaban J connectivity index is 0.00000289. The van der Waals surface area contributed by atoms with E-state index in [4.69, 9.17) is 16.2 Å². The van der Waals surface area contributed by atoms with E-state index in [1.54, 1.807) is 18.2 Å². The topological polar surface area (TPSA) is 129 Å². The molecule has 5 N–H and O–H groups in total. The summed E-state index contributed by atoms with van der Waals surface area (Å²) < 4.78 is 5.08. The maximum Gasteiger partial charge on any atom is 0.270 e. The van der Waals surface area contributed by atoms with Crippen LogP contribution in [0, 0.1) is 10.1 Å². The van der Waals surface area contributed by atoms with Gasteiger partial charge in [0.25, 0.3) is 5.96 Å². The fourth-order valence-electron chi connectivity index (χ4n) is 1.28. The molecule has 0 aliphatic rings.